The van der Waals surface area contributed by atoms with Gasteiger partial charge in [0, 0.05) is 7.11 Å². The fraction of sp³-hybridized carbons (Fsp3) is 0.211. The van der Waals surface area contributed by atoms with Gasteiger partial charge in [-0.05, 0) is 43.3 Å². The van der Waals surface area contributed by atoms with Crippen LogP contribution in [0, 0.1) is 0 Å². The van der Waals surface area contributed by atoms with Crippen molar-refractivity contribution in [3.8, 4) is 5.75 Å². The first kappa shape index (κ1) is 17.5. The number of hydrogen-bond donors (Lipinski definition) is 1. The Morgan fingerprint density at radius 1 is 1.19 bits per heavy atom. The molecular weight excluding hydrogens is 332 g/mol. The predicted octanol–water partition coefficient (Wildman–Crippen LogP) is 3.52. The summed E-state index contributed by atoms with van der Waals surface area (Å²) >= 11 is 0. The molecule has 0 radical (unpaired) electrons. The van der Waals surface area contributed by atoms with Crippen molar-refractivity contribution in [2.24, 2.45) is 0 Å². The number of benzene rings is 2. The van der Waals surface area contributed by atoms with Gasteiger partial charge in [0.05, 0.1) is 24.4 Å². The van der Waals surface area contributed by atoms with Gasteiger partial charge in [-0.2, -0.15) is 5.10 Å². The molecule has 0 saturated heterocycles. The Morgan fingerprint density at radius 2 is 2.00 bits per heavy atom. The number of nitrogens with one attached hydrogen (secondary N) is 1. The minimum Gasteiger partial charge on any atom is -0.489 e. The van der Waals surface area contributed by atoms with Crippen molar-refractivity contribution in [3.05, 3.63) is 66.7 Å². The number of ether oxygens (including phenoxy) is 2. The van der Waals surface area contributed by atoms with Crippen LogP contribution in [-0.4, -0.2) is 33.9 Å². The van der Waals surface area contributed by atoms with Crippen LogP contribution < -0.4 is 10.1 Å². The number of nitrogens with zero attached hydrogens (tertiary/aromatic N) is 3. The molecule has 0 bridgehead atoms. The van der Waals surface area contributed by atoms with E-state index in [4.69, 9.17) is 9.47 Å². The van der Waals surface area contributed by atoms with E-state index in [-0.39, 0.29) is 7.40 Å². The molecule has 0 saturated carbocycles. The Morgan fingerprint density at radius 3 is 2.73 bits per heavy atom. The third-order valence-electron chi connectivity index (χ3n) is 3.61. The summed E-state index contributed by atoms with van der Waals surface area (Å²) in [6.45, 7) is 3.23. The van der Waals surface area contributed by atoms with E-state index < -0.39 is 0 Å². The molecule has 3 rings (SSSR count). The van der Waals surface area contributed by atoms with Crippen LogP contribution in [-0.2, 0) is 11.3 Å². The molecule has 136 valence electrons. The zero-order valence-electron chi connectivity index (χ0n) is 14.5. The van der Waals surface area contributed by atoms with E-state index in [0.29, 0.717) is 25.3 Å². The van der Waals surface area contributed by atoms with Crippen molar-refractivity contribution < 1.29 is 15.7 Å². The number of anilines is 2. The molecule has 0 aliphatic carbocycles. The van der Waals surface area contributed by atoms with Crippen molar-refractivity contribution in [1.29, 1.82) is 0 Å². The van der Waals surface area contributed by atoms with Gasteiger partial charge in [0.2, 0.25) is 0 Å². The van der Waals surface area contributed by atoms with E-state index in [1.54, 1.807) is 30.1 Å². The Labute approximate surface area is 153 Å². The predicted molar refractivity (Wildman–Crippen MR) is 99.8 cm³/mol. The van der Waals surface area contributed by atoms with Crippen molar-refractivity contribution in [2.45, 2.75) is 13.5 Å². The lowest BCUT2D eigenvalue weighted by Gasteiger charge is -2.13. The van der Waals surface area contributed by atoms with Crippen LogP contribution in [0.25, 0.3) is 0 Å². The second-order valence-electron chi connectivity index (χ2n) is 5.43. The number of aromatic nitrogens is 3. The maximum absolute atomic E-state index is 11.7. The fourth-order valence-electron chi connectivity index (χ4n) is 2.35. The topological polar surface area (TPSA) is 78.3 Å². The smallest absolute Gasteiger partial charge is 0.338 e. The summed E-state index contributed by atoms with van der Waals surface area (Å²) in [6.07, 6.45) is 3.15. The molecule has 0 aliphatic heterocycles. The second kappa shape index (κ2) is 8.66. The highest BCUT2D eigenvalue weighted by atomic mass is 16.5. The molecule has 3 aromatic rings. The van der Waals surface area contributed by atoms with E-state index in [0.717, 1.165) is 17.1 Å². The maximum Gasteiger partial charge on any atom is 0.338 e. The molecule has 1 heterocycles. The Hall–Kier alpha value is -3.35. The van der Waals surface area contributed by atoms with Gasteiger partial charge in [0.15, 0.2) is 0 Å². The lowest BCUT2D eigenvalue weighted by atomic mass is 10.2. The number of esters is 1. The Bertz CT molecular complexity index is 838. The third kappa shape index (κ3) is 4.60. The number of carbonyl (C=O) groups is 1. The van der Waals surface area contributed by atoms with Gasteiger partial charge in [0.1, 0.15) is 25.0 Å². The van der Waals surface area contributed by atoms with Gasteiger partial charge >= 0.3 is 5.97 Å². The SMILES string of the molecule is CCOC(=O)c1ccc(Nc2ccccc2OCCn2cncn2)cc1.[HH]. The van der Waals surface area contributed by atoms with Gasteiger partial charge < -0.3 is 14.8 Å². The molecule has 0 atom stereocenters. The third-order valence-corrected chi connectivity index (χ3v) is 3.61. The van der Waals surface area contributed by atoms with E-state index in [9.17, 15) is 4.79 Å². The van der Waals surface area contributed by atoms with Crippen molar-refractivity contribution in [3.63, 3.8) is 0 Å². The van der Waals surface area contributed by atoms with Gasteiger partial charge in [-0.1, -0.05) is 12.1 Å². The maximum atomic E-state index is 11.7. The molecule has 0 aliphatic rings. The van der Waals surface area contributed by atoms with Crippen molar-refractivity contribution >= 4 is 17.3 Å². The quantitative estimate of drug-likeness (QED) is 0.624. The van der Waals surface area contributed by atoms with Crippen molar-refractivity contribution in [1.82, 2.24) is 14.8 Å². The first-order valence-electron chi connectivity index (χ1n) is 8.34. The molecule has 1 aromatic heterocycles. The van der Waals surface area contributed by atoms with Crippen LogP contribution >= 0.6 is 0 Å². The zero-order valence-corrected chi connectivity index (χ0v) is 14.5. The highest BCUT2D eigenvalue weighted by molar-refractivity contribution is 5.90. The molecular formula is C19H22N4O3. The van der Waals surface area contributed by atoms with Gasteiger partial charge in [0.25, 0.3) is 0 Å². The van der Waals surface area contributed by atoms with E-state index in [1.165, 1.54) is 6.33 Å². The average Bonchev–Trinajstić information content (AvgIpc) is 3.17. The minimum atomic E-state index is -0.323. The minimum absolute atomic E-state index is 0. The number of carbonyl (C=O) groups excluding carboxylic acids is 1. The van der Waals surface area contributed by atoms with Crippen LogP contribution in [0.4, 0.5) is 11.4 Å². The first-order chi connectivity index (χ1) is 12.8. The first-order valence-corrected chi connectivity index (χ1v) is 8.34. The number of rotatable bonds is 8. The second-order valence-corrected chi connectivity index (χ2v) is 5.43. The Kier molecular flexibility index (Phi) is 5.82. The number of hydrogen-bond acceptors (Lipinski definition) is 6. The molecule has 0 spiro atoms. The summed E-state index contributed by atoms with van der Waals surface area (Å²) in [6, 6.07) is 14.8. The standard InChI is InChI=1S/C19H20N4O3.H2/c1-2-25-19(24)15-7-9-16(10-8-15)22-17-5-3-4-6-18(17)26-12-11-23-14-20-13-21-23;/h3-10,13-14,22H,2,11-12H2,1H3;1H. The summed E-state index contributed by atoms with van der Waals surface area (Å²) in [5, 5.41) is 7.35. The molecule has 26 heavy (non-hydrogen) atoms. The van der Waals surface area contributed by atoms with Crippen LogP contribution in [0.1, 0.15) is 18.7 Å². The van der Waals surface area contributed by atoms with Crippen LogP contribution in [0.5, 0.6) is 5.75 Å². The fourth-order valence-corrected chi connectivity index (χ4v) is 2.35. The summed E-state index contributed by atoms with van der Waals surface area (Å²) in [4.78, 5) is 15.6. The molecule has 1 N–H and O–H groups in total. The van der Waals surface area contributed by atoms with Crippen LogP contribution in [0.2, 0.25) is 0 Å². The van der Waals surface area contributed by atoms with Crippen molar-refractivity contribution in [2.75, 3.05) is 18.5 Å². The van der Waals surface area contributed by atoms with E-state index in [2.05, 4.69) is 15.4 Å². The molecule has 0 amide bonds. The molecule has 7 heteroatoms. The van der Waals surface area contributed by atoms with Gasteiger partial charge in [-0.25, -0.2) is 14.5 Å². The molecule has 7 nitrogen and oxygen atoms in total. The normalized spacial score (nSPS) is 10.3. The summed E-state index contributed by atoms with van der Waals surface area (Å²) < 4.78 is 12.6. The molecule has 0 unspecified atom stereocenters. The van der Waals surface area contributed by atoms with Gasteiger partial charge in [-0.3, -0.25) is 0 Å². The monoisotopic (exact) mass is 354 g/mol. The largest absolute Gasteiger partial charge is 0.489 e. The molecule has 0 fully saturated rings. The Balaban J connectivity index is 0.00000261. The van der Waals surface area contributed by atoms with Crippen LogP contribution in [0.15, 0.2) is 61.2 Å². The van der Waals surface area contributed by atoms with Gasteiger partial charge in [-0.15, -0.1) is 0 Å². The molecule has 2 aromatic carbocycles. The van der Waals surface area contributed by atoms with E-state index in [1.807, 2.05) is 36.4 Å². The average molecular weight is 354 g/mol. The number of para-hydroxylation sites is 2. The summed E-state index contributed by atoms with van der Waals surface area (Å²) in [7, 11) is 0. The summed E-state index contributed by atoms with van der Waals surface area (Å²) in [5.41, 5.74) is 2.22. The van der Waals surface area contributed by atoms with Crippen LogP contribution in [0.3, 0.4) is 0 Å². The zero-order chi connectivity index (χ0) is 18.2. The highest BCUT2D eigenvalue weighted by Gasteiger charge is 2.07. The lowest BCUT2D eigenvalue weighted by molar-refractivity contribution is 0.0526. The lowest BCUT2D eigenvalue weighted by Crippen LogP contribution is -2.09. The highest BCUT2D eigenvalue weighted by Crippen LogP contribution is 2.27. The van der Waals surface area contributed by atoms with E-state index >= 15 is 0 Å². The summed E-state index contributed by atoms with van der Waals surface area (Å²) in [5.74, 6) is 0.415.